The van der Waals surface area contributed by atoms with Gasteiger partial charge >= 0.3 is 0 Å². The Morgan fingerprint density at radius 2 is 1.86 bits per heavy atom. The Bertz CT molecular complexity index is 861. The van der Waals surface area contributed by atoms with Gasteiger partial charge in [-0.1, -0.05) is 30.3 Å². The molecule has 0 spiro atoms. The summed E-state index contributed by atoms with van der Waals surface area (Å²) in [4.78, 5) is 3.98. The molecule has 0 radical (unpaired) electrons. The minimum atomic E-state index is -3.52. The van der Waals surface area contributed by atoms with Crippen molar-refractivity contribution in [2.24, 2.45) is 0 Å². The van der Waals surface area contributed by atoms with Gasteiger partial charge in [-0.3, -0.25) is 0 Å². The normalized spacial score (nSPS) is 11.5. The quantitative estimate of drug-likeness (QED) is 0.783. The van der Waals surface area contributed by atoms with Crippen LogP contribution in [0.3, 0.4) is 0 Å². The first-order chi connectivity index (χ1) is 10.1. The van der Waals surface area contributed by atoms with Gasteiger partial charge in [-0.05, 0) is 22.4 Å². The highest BCUT2D eigenvalue weighted by Crippen LogP contribution is 2.33. The van der Waals surface area contributed by atoms with Crippen LogP contribution in [0.1, 0.15) is 0 Å². The molecule has 3 rings (SSSR count). The van der Waals surface area contributed by atoms with E-state index in [1.165, 1.54) is 6.20 Å². The Kier molecular flexibility index (Phi) is 3.22. The lowest BCUT2D eigenvalue weighted by atomic mass is 10.0. The monoisotopic (exact) mass is 301 g/mol. The number of benzene rings is 1. The summed E-state index contributed by atoms with van der Waals surface area (Å²) >= 11 is 0. The topological polar surface area (TPSA) is 101 Å². The molecule has 7 nitrogen and oxygen atoms in total. The van der Waals surface area contributed by atoms with E-state index in [-0.39, 0.29) is 10.9 Å². The minimum Gasteiger partial charge on any atom is -0.244 e. The van der Waals surface area contributed by atoms with Gasteiger partial charge in [0.1, 0.15) is 0 Å². The molecule has 1 aromatic carbocycles. The van der Waals surface area contributed by atoms with Gasteiger partial charge in [0.05, 0.1) is 5.56 Å². The third kappa shape index (κ3) is 2.52. The van der Waals surface area contributed by atoms with Crippen molar-refractivity contribution in [2.75, 3.05) is 6.26 Å². The van der Waals surface area contributed by atoms with Gasteiger partial charge in [-0.25, -0.2) is 13.4 Å². The lowest BCUT2D eigenvalue weighted by molar-refractivity contribution is 0.598. The maximum absolute atomic E-state index is 12.0. The molecule has 0 saturated heterocycles. The number of aromatic amines is 1. The van der Waals surface area contributed by atoms with Crippen LogP contribution in [-0.4, -0.2) is 40.3 Å². The van der Waals surface area contributed by atoms with Gasteiger partial charge in [0.15, 0.2) is 14.9 Å². The van der Waals surface area contributed by atoms with E-state index in [2.05, 4.69) is 25.6 Å². The molecule has 0 saturated carbocycles. The molecule has 0 unspecified atom stereocenters. The zero-order valence-corrected chi connectivity index (χ0v) is 11.9. The van der Waals surface area contributed by atoms with Gasteiger partial charge in [0.25, 0.3) is 0 Å². The van der Waals surface area contributed by atoms with Gasteiger partial charge in [0, 0.05) is 12.5 Å². The van der Waals surface area contributed by atoms with Crippen LogP contribution in [0.4, 0.5) is 0 Å². The Balaban J connectivity index is 2.36. The lowest BCUT2D eigenvalue weighted by Crippen LogP contribution is -2.05. The molecule has 21 heavy (non-hydrogen) atoms. The average Bonchev–Trinajstić information content (AvgIpc) is 3.00. The van der Waals surface area contributed by atoms with Crippen LogP contribution in [0, 0.1) is 0 Å². The maximum atomic E-state index is 12.0. The van der Waals surface area contributed by atoms with Crippen molar-refractivity contribution >= 4 is 9.84 Å². The summed E-state index contributed by atoms with van der Waals surface area (Å²) in [6, 6.07) is 11.1. The fraction of sp³-hybridized carbons (Fsp3) is 0.0769. The predicted octanol–water partition coefficient (Wildman–Crippen LogP) is 1.33. The van der Waals surface area contributed by atoms with Gasteiger partial charge in [0.2, 0.25) is 5.82 Å². The standard InChI is InChI=1S/C13H11N5O2S/c1-21(19,20)13-11(12-15-17-18-16-12)10(7-8-14-13)9-5-3-2-4-6-9/h2-8H,1H3,(H,15,16,17,18). The van der Waals surface area contributed by atoms with Gasteiger partial charge in [-0.15, -0.1) is 10.2 Å². The van der Waals surface area contributed by atoms with Crippen molar-refractivity contribution in [1.82, 2.24) is 25.6 Å². The summed E-state index contributed by atoms with van der Waals surface area (Å²) in [7, 11) is -3.52. The molecule has 3 aromatic rings. The highest BCUT2D eigenvalue weighted by Gasteiger charge is 2.23. The summed E-state index contributed by atoms with van der Waals surface area (Å²) in [6.45, 7) is 0. The van der Waals surface area contributed by atoms with Gasteiger partial charge < -0.3 is 0 Å². The number of H-pyrrole nitrogens is 1. The van der Waals surface area contributed by atoms with Crippen molar-refractivity contribution in [1.29, 1.82) is 0 Å². The molecule has 2 heterocycles. The van der Waals surface area contributed by atoms with E-state index < -0.39 is 9.84 Å². The van der Waals surface area contributed by atoms with Crippen molar-refractivity contribution in [2.45, 2.75) is 5.03 Å². The van der Waals surface area contributed by atoms with E-state index in [4.69, 9.17) is 0 Å². The molecular weight excluding hydrogens is 290 g/mol. The van der Waals surface area contributed by atoms with Crippen LogP contribution < -0.4 is 0 Å². The van der Waals surface area contributed by atoms with E-state index in [9.17, 15) is 8.42 Å². The SMILES string of the molecule is CS(=O)(=O)c1nccc(-c2ccccc2)c1-c1nn[nH]n1. The number of aromatic nitrogens is 5. The molecule has 0 fully saturated rings. The number of pyridine rings is 1. The van der Waals surface area contributed by atoms with E-state index in [1.807, 2.05) is 30.3 Å². The number of hydrogen-bond donors (Lipinski definition) is 1. The molecule has 0 aliphatic heterocycles. The number of nitrogens with zero attached hydrogens (tertiary/aromatic N) is 4. The Hall–Kier alpha value is -2.61. The van der Waals surface area contributed by atoms with Crippen molar-refractivity contribution < 1.29 is 8.42 Å². The van der Waals surface area contributed by atoms with Crippen LogP contribution >= 0.6 is 0 Å². The van der Waals surface area contributed by atoms with Crippen LogP contribution in [0.2, 0.25) is 0 Å². The van der Waals surface area contributed by atoms with Crippen LogP contribution in [0.25, 0.3) is 22.5 Å². The van der Waals surface area contributed by atoms with Crippen molar-refractivity contribution in [3.05, 3.63) is 42.6 Å². The largest absolute Gasteiger partial charge is 0.244 e. The molecule has 0 amide bonds. The Morgan fingerprint density at radius 1 is 1.10 bits per heavy atom. The average molecular weight is 301 g/mol. The maximum Gasteiger partial charge on any atom is 0.208 e. The molecule has 0 bridgehead atoms. The molecule has 106 valence electrons. The van der Waals surface area contributed by atoms with E-state index in [0.29, 0.717) is 11.1 Å². The summed E-state index contributed by atoms with van der Waals surface area (Å²) in [5.41, 5.74) is 1.89. The first kappa shape index (κ1) is 13.4. The summed E-state index contributed by atoms with van der Waals surface area (Å²) in [5, 5.41) is 13.6. The molecule has 0 atom stereocenters. The minimum absolute atomic E-state index is 0.0646. The number of nitrogens with one attached hydrogen (secondary N) is 1. The van der Waals surface area contributed by atoms with E-state index >= 15 is 0 Å². The van der Waals surface area contributed by atoms with Crippen LogP contribution in [0.15, 0.2) is 47.6 Å². The lowest BCUT2D eigenvalue weighted by Gasteiger charge is -2.10. The molecular formula is C13H11N5O2S. The Labute approximate surface area is 121 Å². The third-order valence-electron chi connectivity index (χ3n) is 2.92. The number of sulfone groups is 1. The molecule has 2 aromatic heterocycles. The number of tetrazole rings is 1. The van der Waals surface area contributed by atoms with Gasteiger partial charge in [-0.2, -0.15) is 5.21 Å². The molecule has 1 N–H and O–H groups in total. The molecule has 0 aliphatic carbocycles. The van der Waals surface area contributed by atoms with E-state index in [1.54, 1.807) is 6.07 Å². The second kappa shape index (κ2) is 5.06. The smallest absolute Gasteiger partial charge is 0.208 e. The summed E-state index contributed by atoms with van der Waals surface area (Å²) < 4.78 is 24.0. The fourth-order valence-corrected chi connectivity index (χ4v) is 2.89. The second-order valence-electron chi connectivity index (χ2n) is 4.41. The van der Waals surface area contributed by atoms with Crippen LogP contribution in [0.5, 0.6) is 0 Å². The predicted molar refractivity (Wildman–Crippen MR) is 76.0 cm³/mol. The van der Waals surface area contributed by atoms with E-state index in [0.717, 1.165) is 11.8 Å². The zero-order valence-electron chi connectivity index (χ0n) is 11.1. The Morgan fingerprint density at radius 3 is 2.48 bits per heavy atom. The second-order valence-corrected chi connectivity index (χ2v) is 6.34. The zero-order chi connectivity index (χ0) is 14.9. The first-order valence-electron chi connectivity index (χ1n) is 6.05. The number of rotatable bonds is 3. The summed E-state index contributed by atoms with van der Waals surface area (Å²) in [5.74, 6) is 0.197. The highest BCUT2D eigenvalue weighted by molar-refractivity contribution is 7.90. The summed E-state index contributed by atoms with van der Waals surface area (Å²) in [6.07, 6.45) is 2.57. The highest BCUT2D eigenvalue weighted by atomic mass is 32.2. The van der Waals surface area contributed by atoms with Crippen LogP contribution in [-0.2, 0) is 9.84 Å². The van der Waals surface area contributed by atoms with Crippen molar-refractivity contribution in [3.63, 3.8) is 0 Å². The molecule has 8 heteroatoms. The number of hydrogen-bond acceptors (Lipinski definition) is 6. The molecule has 0 aliphatic rings. The van der Waals surface area contributed by atoms with Crippen molar-refractivity contribution in [3.8, 4) is 22.5 Å². The third-order valence-corrected chi connectivity index (χ3v) is 3.93. The fourth-order valence-electron chi connectivity index (χ4n) is 2.07. The first-order valence-corrected chi connectivity index (χ1v) is 7.95.